The number of aromatic nitrogens is 2. The number of anilines is 1. The number of non-ortho nitro benzene ring substituents is 1. The van der Waals surface area contributed by atoms with Crippen LogP contribution in [0, 0.1) is 10.1 Å². The van der Waals surface area contributed by atoms with Crippen LogP contribution in [0.15, 0.2) is 18.2 Å². The van der Waals surface area contributed by atoms with Crippen molar-refractivity contribution in [3.8, 4) is 0 Å². The molecule has 1 aromatic heterocycles. The Hall–Kier alpha value is -1.99. The van der Waals surface area contributed by atoms with Crippen LogP contribution < -0.4 is 11.3 Å². The first-order chi connectivity index (χ1) is 7.61. The number of nitrogens with one attached hydrogen (secondary N) is 1. The van der Waals surface area contributed by atoms with E-state index < -0.39 is 4.92 Å². The van der Waals surface area contributed by atoms with Crippen LogP contribution in [-0.4, -0.2) is 14.9 Å². The minimum atomic E-state index is -0.510. The van der Waals surface area contributed by atoms with Crippen molar-refractivity contribution >= 4 is 34.1 Å². The molecule has 82 valence electrons. The molecule has 0 radical (unpaired) electrons. The number of nitrogens with two attached hydrogens (primary N) is 1. The quantitative estimate of drug-likeness (QED) is 0.467. The molecule has 0 atom stereocenters. The molecule has 7 nitrogen and oxygen atoms in total. The van der Waals surface area contributed by atoms with E-state index in [0.717, 1.165) is 0 Å². The molecule has 8 heteroatoms. The van der Waals surface area contributed by atoms with E-state index in [1.54, 1.807) is 0 Å². The van der Waals surface area contributed by atoms with Crippen molar-refractivity contribution in [1.82, 2.24) is 9.97 Å². The number of halogens is 1. The molecule has 2 rings (SSSR count). The number of hydrogen-bond acceptors (Lipinski definition) is 6. The molecule has 0 spiro atoms. The number of nitrogens with zero attached hydrogens (tertiary/aromatic N) is 3. The zero-order chi connectivity index (χ0) is 11.7. The molecule has 0 aliphatic heterocycles. The molecular formula is C8H6ClN5O2. The van der Waals surface area contributed by atoms with Crippen LogP contribution in [0.4, 0.5) is 11.5 Å². The number of rotatable bonds is 2. The third-order valence-corrected chi connectivity index (χ3v) is 2.22. The van der Waals surface area contributed by atoms with E-state index in [9.17, 15) is 10.1 Å². The van der Waals surface area contributed by atoms with Gasteiger partial charge in [-0.05, 0) is 6.07 Å². The second-order valence-electron chi connectivity index (χ2n) is 2.94. The van der Waals surface area contributed by atoms with Crippen molar-refractivity contribution < 1.29 is 4.92 Å². The Morgan fingerprint density at radius 1 is 1.38 bits per heavy atom. The molecule has 0 aliphatic carbocycles. The average molecular weight is 240 g/mol. The summed E-state index contributed by atoms with van der Waals surface area (Å²) in [5.41, 5.74) is 3.04. The van der Waals surface area contributed by atoms with Crippen LogP contribution in [0.25, 0.3) is 11.0 Å². The van der Waals surface area contributed by atoms with Gasteiger partial charge in [-0.25, -0.2) is 15.8 Å². The summed E-state index contributed by atoms with van der Waals surface area (Å²) < 4.78 is 0. The Balaban J connectivity index is 2.66. The van der Waals surface area contributed by atoms with Crippen LogP contribution in [0.1, 0.15) is 0 Å². The monoisotopic (exact) mass is 239 g/mol. The molecular weight excluding hydrogens is 234 g/mol. The van der Waals surface area contributed by atoms with E-state index in [1.807, 2.05) is 0 Å². The maximum atomic E-state index is 10.5. The van der Waals surface area contributed by atoms with Gasteiger partial charge in [0, 0.05) is 12.1 Å². The van der Waals surface area contributed by atoms with Gasteiger partial charge in [0.15, 0.2) is 11.0 Å². The van der Waals surface area contributed by atoms with Gasteiger partial charge in [0.2, 0.25) is 0 Å². The predicted octanol–water partition coefficient (Wildman–Crippen LogP) is 1.48. The molecule has 1 heterocycles. The summed E-state index contributed by atoms with van der Waals surface area (Å²) in [6.45, 7) is 0. The number of fused-ring (bicyclic) bond motifs is 1. The number of benzene rings is 1. The Morgan fingerprint density at radius 3 is 2.75 bits per heavy atom. The summed E-state index contributed by atoms with van der Waals surface area (Å²) in [6, 6.07) is 4.12. The summed E-state index contributed by atoms with van der Waals surface area (Å²) in [6.07, 6.45) is 0. The van der Waals surface area contributed by atoms with Crippen molar-refractivity contribution in [2.24, 2.45) is 5.84 Å². The Morgan fingerprint density at radius 2 is 2.12 bits per heavy atom. The van der Waals surface area contributed by atoms with Crippen molar-refractivity contribution in [3.05, 3.63) is 33.5 Å². The number of nitro groups is 1. The second-order valence-corrected chi connectivity index (χ2v) is 3.30. The van der Waals surface area contributed by atoms with Crippen LogP contribution in [0.5, 0.6) is 0 Å². The van der Waals surface area contributed by atoms with E-state index >= 15 is 0 Å². The molecule has 2 aromatic rings. The number of nitrogen functional groups attached to an aromatic ring is 1. The summed E-state index contributed by atoms with van der Waals surface area (Å²) in [7, 11) is 0. The van der Waals surface area contributed by atoms with Gasteiger partial charge in [-0.2, -0.15) is 0 Å². The van der Waals surface area contributed by atoms with Crippen LogP contribution in [0.3, 0.4) is 0 Å². The first-order valence-electron chi connectivity index (χ1n) is 4.20. The van der Waals surface area contributed by atoms with Crippen molar-refractivity contribution in [1.29, 1.82) is 0 Å². The zero-order valence-electron chi connectivity index (χ0n) is 7.85. The van der Waals surface area contributed by atoms with Gasteiger partial charge in [-0.1, -0.05) is 11.6 Å². The summed E-state index contributed by atoms with van der Waals surface area (Å²) in [5, 5.41) is 10.6. The highest BCUT2D eigenvalue weighted by Gasteiger charge is 2.10. The zero-order valence-corrected chi connectivity index (χ0v) is 8.60. The van der Waals surface area contributed by atoms with Gasteiger partial charge < -0.3 is 5.43 Å². The van der Waals surface area contributed by atoms with Crippen molar-refractivity contribution in [2.45, 2.75) is 0 Å². The van der Waals surface area contributed by atoms with E-state index in [4.69, 9.17) is 17.4 Å². The first kappa shape index (κ1) is 10.5. The van der Waals surface area contributed by atoms with Crippen LogP contribution in [-0.2, 0) is 0 Å². The molecule has 0 fully saturated rings. The average Bonchev–Trinajstić information content (AvgIpc) is 2.27. The largest absolute Gasteiger partial charge is 0.306 e. The summed E-state index contributed by atoms with van der Waals surface area (Å²) in [5.74, 6) is 5.40. The maximum Gasteiger partial charge on any atom is 0.271 e. The highest BCUT2D eigenvalue weighted by atomic mass is 35.5. The lowest BCUT2D eigenvalue weighted by atomic mass is 10.2. The SMILES string of the molecule is NNc1nc2ccc([N+](=O)[O-])cc2nc1Cl. The fourth-order valence-electron chi connectivity index (χ4n) is 1.23. The lowest BCUT2D eigenvalue weighted by molar-refractivity contribution is -0.384. The fraction of sp³-hybridized carbons (Fsp3) is 0. The van der Waals surface area contributed by atoms with Gasteiger partial charge in [0.05, 0.1) is 16.0 Å². The molecule has 0 saturated heterocycles. The number of nitro benzene ring substituents is 1. The Bertz CT molecular complexity index is 574. The minimum absolute atomic E-state index is 0.0636. The molecule has 0 saturated carbocycles. The van der Waals surface area contributed by atoms with Gasteiger partial charge in [-0.3, -0.25) is 10.1 Å². The number of hydrogen-bond donors (Lipinski definition) is 2. The Labute approximate surface area is 94.4 Å². The van der Waals surface area contributed by atoms with Crippen molar-refractivity contribution in [2.75, 3.05) is 5.43 Å². The predicted molar refractivity (Wildman–Crippen MR) is 59.0 cm³/mol. The van der Waals surface area contributed by atoms with Gasteiger partial charge in [0.1, 0.15) is 0 Å². The molecule has 3 N–H and O–H groups in total. The topological polar surface area (TPSA) is 107 Å². The molecule has 1 aromatic carbocycles. The molecule has 16 heavy (non-hydrogen) atoms. The normalized spacial score (nSPS) is 10.4. The molecule has 0 amide bonds. The fourth-order valence-corrected chi connectivity index (χ4v) is 1.41. The van der Waals surface area contributed by atoms with E-state index in [2.05, 4.69) is 15.4 Å². The highest BCUT2D eigenvalue weighted by Crippen LogP contribution is 2.23. The molecule has 0 aliphatic rings. The molecule has 0 bridgehead atoms. The summed E-state index contributed by atoms with van der Waals surface area (Å²) in [4.78, 5) is 18.0. The van der Waals surface area contributed by atoms with E-state index in [1.165, 1.54) is 18.2 Å². The third-order valence-electron chi connectivity index (χ3n) is 1.95. The van der Waals surface area contributed by atoms with E-state index in [-0.39, 0.29) is 16.7 Å². The van der Waals surface area contributed by atoms with Gasteiger partial charge in [0.25, 0.3) is 5.69 Å². The van der Waals surface area contributed by atoms with Crippen LogP contribution >= 0.6 is 11.6 Å². The van der Waals surface area contributed by atoms with E-state index in [0.29, 0.717) is 11.0 Å². The minimum Gasteiger partial charge on any atom is -0.306 e. The number of hydrazine groups is 1. The highest BCUT2D eigenvalue weighted by molar-refractivity contribution is 6.32. The maximum absolute atomic E-state index is 10.5. The van der Waals surface area contributed by atoms with Crippen LogP contribution in [0.2, 0.25) is 5.15 Å². The smallest absolute Gasteiger partial charge is 0.271 e. The Kier molecular flexibility index (Phi) is 2.55. The second kappa shape index (κ2) is 3.87. The molecule has 0 unspecified atom stereocenters. The lowest BCUT2D eigenvalue weighted by Gasteiger charge is -2.03. The lowest BCUT2D eigenvalue weighted by Crippen LogP contribution is -2.09. The third kappa shape index (κ3) is 1.73. The van der Waals surface area contributed by atoms with Gasteiger partial charge >= 0.3 is 0 Å². The first-order valence-corrected chi connectivity index (χ1v) is 4.58. The van der Waals surface area contributed by atoms with Gasteiger partial charge in [-0.15, -0.1) is 0 Å². The van der Waals surface area contributed by atoms with Crippen molar-refractivity contribution in [3.63, 3.8) is 0 Å². The standard InChI is InChI=1S/C8H6ClN5O2/c9-7-8(13-10)12-5-2-1-4(14(15)16)3-6(5)11-7/h1-3H,10H2,(H,12,13). The summed E-state index contributed by atoms with van der Waals surface area (Å²) >= 11 is 5.75.